The van der Waals surface area contributed by atoms with Crippen LogP contribution in [0.25, 0.3) is 0 Å². The number of hydrazone groups is 1. The molecule has 6 nitrogen and oxygen atoms in total. The summed E-state index contributed by atoms with van der Waals surface area (Å²) in [5.74, 6) is 0.530. The summed E-state index contributed by atoms with van der Waals surface area (Å²) in [6.45, 7) is 0.0723. The topological polar surface area (TPSA) is 72.0 Å². The summed E-state index contributed by atoms with van der Waals surface area (Å²) in [6, 6.07) is 15.4. The number of alkyl halides is 3. The highest BCUT2D eigenvalue weighted by molar-refractivity contribution is 14.1. The smallest absolute Gasteiger partial charge is 0.416 e. The van der Waals surface area contributed by atoms with Crippen molar-refractivity contribution in [2.75, 3.05) is 19.0 Å². The van der Waals surface area contributed by atoms with Gasteiger partial charge in [-0.25, -0.2) is 5.43 Å². The van der Waals surface area contributed by atoms with E-state index < -0.39 is 17.6 Å². The van der Waals surface area contributed by atoms with Crippen LogP contribution in [-0.2, 0) is 17.6 Å². The Hall–Kier alpha value is -2.99. The number of nitrogens with one attached hydrogen (secondary N) is 2. The largest absolute Gasteiger partial charge is 0.493 e. The van der Waals surface area contributed by atoms with E-state index in [1.807, 2.05) is 12.1 Å². The summed E-state index contributed by atoms with van der Waals surface area (Å²) in [7, 11) is 1.52. The summed E-state index contributed by atoms with van der Waals surface area (Å²) >= 11 is 8.02. The predicted molar refractivity (Wildman–Crippen MR) is 137 cm³/mol. The number of halogens is 5. The number of nitrogens with zero attached hydrogens (tertiary/aromatic N) is 1. The van der Waals surface area contributed by atoms with Crippen LogP contribution in [0.4, 0.5) is 18.9 Å². The number of carbonyl (C=O) groups is 1. The maximum atomic E-state index is 12.8. The first-order valence-electron chi connectivity index (χ1n) is 10.1. The third kappa shape index (κ3) is 8.03. The molecular weight excluding hydrogens is 598 g/mol. The molecule has 35 heavy (non-hydrogen) atoms. The molecule has 0 unspecified atom stereocenters. The highest BCUT2D eigenvalue weighted by Crippen LogP contribution is 2.34. The minimum absolute atomic E-state index is 0.174. The van der Waals surface area contributed by atoms with Gasteiger partial charge in [-0.3, -0.25) is 4.79 Å². The van der Waals surface area contributed by atoms with Crippen LogP contribution >= 0.6 is 34.2 Å². The first-order valence-corrected chi connectivity index (χ1v) is 11.6. The van der Waals surface area contributed by atoms with Crippen LogP contribution < -0.4 is 20.2 Å². The molecule has 0 saturated carbocycles. The normalized spacial score (nSPS) is 11.4. The molecule has 0 radical (unpaired) electrons. The van der Waals surface area contributed by atoms with Gasteiger partial charge in [0.1, 0.15) is 6.61 Å². The van der Waals surface area contributed by atoms with Crippen LogP contribution in [0, 0.1) is 3.57 Å². The standard InChI is InChI=1S/C24H20ClF3IN3O3/c1-34-21-10-16(9-20(29)23(21)35-14-15-5-7-18(25)8-6-15)12-31-32-22(33)13-30-19-4-2-3-17(11-19)24(26,27)28/h2-12,30H,13-14H2,1H3,(H,32,33)/b31-12-. The zero-order chi connectivity index (χ0) is 25.4. The molecule has 0 spiro atoms. The van der Waals surface area contributed by atoms with E-state index in [4.69, 9.17) is 21.1 Å². The van der Waals surface area contributed by atoms with E-state index in [9.17, 15) is 18.0 Å². The van der Waals surface area contributed by atoms with E-state index in [1.54, 1.807) is 24.3 Å². The van der Waals surface area contributed by atoms with Crippen LogP contribution in [0.3, 0.4) is 0 Å². The van der Waals surface area contributed by atoms with Gasteiger partial charge in [-0.2, -0.15) is 18.3 Å². The second kappa shape index (κ2) is 12.1. The average molecular weight is 618 g/mol. The second-order valence-corrected chi connectivity index (χ2v) is 8.77. The zero-order valence-corrected chi connectivity index (χ0v) is 21.2. The zero-order valence-electron chi connectivity index (χ0n) is 18.3. The van der Waals surface area contributed by atoms with Gasteiger partial charge in [0.25, 0.3) is 5.91 Å². The maximum Gasteiger partial charge on any atom is 0.416 e. The van der Waals surface area contributed by atoms with Crippen LogP contribution in [0.15, 0.2) is 65.8 Å². The minimum atomic E-state index is -4.46. The lowest BCUT2D eigenvalue weighted by atomic mass is 10.2. The number of hydrogen-bond acceptors (Lipinski definition) is 5. The number of benzene rings is 3. The van der Waals surface area contributed by atoms with Gasteiger partial charge in [0.05, 0.1) is 29.0 Å². The van der Waals surface area contributed by atoms with Crippen LogP contribution in [0.1, 0.15) is 16.7 Å². The molecule has 1 amide bonds. The third-order valence-corrected chi connectivity index (χ3v) is 5.65. The van der Waals surface area contributed by atoms with Gasteiger partial charge in [0, 0.05) is 10.7 Å². The lowest BCUT2D eigenvalue weighted by Gasteiger charge is -2.13. The van der Waals surface area contributed by atoms with Crippen molar-refractivity contribution in [1.82, 2.24) is 5.43 Å². The van der Waals surface area contributed by atoms with Crippen molar-refractivity contribution in [2.45, 2.75) is 12.8 Å². The molecule has 3 aromatic rings. The lowest BCUT2D eigenvalue weighted by Crippen LogP contribution is -2.26. The number of hydrogen-bond donors (Lipinski definition) is 2. The van der Waals surface area contributed by atoms with Crippen molar-refractivity contribution in [3.63, 3.8) is 0 Å². The van der Waals surface area contributed by atoms with Gasteiger partial charge in [-0.05, 0) is 76.2 Å². The highest BCUT2D eigenvalue weighted by Gasteiger charge is 2.30. The van der Waals surface area contributed by atoms with Crippen molar-refractivity contribution in [2.24, 2.45) is 5.10 Å². The highest BCUT2D eigenvalue weighted by atomic mass is 127. The monoisotopic (exact) mass is 617 g/mol. The van der Waals surface area contributed by atoms with Gasteiger partial charge >= 0.3 is 6.18 Å². The first-order chi connectivity index (χ1) is 16.7. The van der Waals surface area contributed by atoms with Crippen LogP contribution in [-0.4, -0.2) is 25.8 Å². The van der Waals surface area contributed by atoms with E-state index in [1.165, 1.54) is 25.5 Å². The van der Waals surface area contributed by atoms with Crippen molar-refractivity contribution in [1.29, 1.82) is 0 Å². The second-order valence-electron chi connectivity index (χ2n) is 7.17. The SMILES string of the molecule is COc1cc(/C=N\NC(=O)CNc2cccc(C(F)(F)F)c2)cc(I)c1OCc1ccc(Cl)cc1. The Kier molecular flexibility index (Phi) is 9.21. The Morgan fingerprint density at radius 2 is 1.89 bits per heavy atom. The summed E-state index contributed by atoms with van der Waals surface area (Å²) in [4.78, 5) is 12.0. The quantitative estimate of drug-likeness (QED) is 0.173. The van der Waals surface area contributed by atoms with E-state index >= 15 is 0 Å². The summed E-state index contributed by atoms with van der Waals surface area (Å²) in [5, 5.41) is 7.18. The van der Waals surface area contributed by atoms with Crippen LogP contribution in [0.2, 0.25) is 5.02 Å². The van der Waals surface area contributed by atoms with Crippen molar-refractivity contribution in [3.05, 3.63) is 85.9 Å². The number of amides is 1. The van der Waals surface area contributed by atoms with E-state index in [-0.39, 0.29) is 12.2 Å². The van der Waals surface area contributed by atoms with Gasteiger partial charge in [0.2, 0.25) is 0 Å². The molecule has 0 aliphatic heterocycles. The van der Waals surface area contributed by atoms with Crippen molar-refractivity contribution < 1.29 is 27.4 Å². The van der Waals surface area contributed by atoms with Crippen molar-refractivity contribution >= 4 is 52.0 Å². The number of carbonyl (C=O) groups excluding carboxylic acids is 1. The third-order valence-electron chi connectivity index (χ3n) is 4.59. The van der Waals surface area contributed by atoms with Crippen molar-refractivity contribution in [3.8, 4) is 11.5 Å². The number of methoxy groups -OCH3 is 1. The minimum Gasteiger partial charge on any atom is -0.493 e. The number of ether oxygens (including phenoxy) is 2. The van der Waals surface area contributed by atoms with Crippen LogP contribution in [0.5, 0.6) is 11.5 Å². The molecule has 184 valence electrons. The molecule has 0 atom stereocenters. The molecule has 11 heteroatoms. The summed E-state index contributed by atoms with van der Waals surface area (Å²) in [5.41, 5.74) is 3.30. The van der Waals surface area contributed by atoms with E-state index in [0.717, 1.165) is 21.3 Å². The maximum absolute atomic E-state index is 12.8. The molecule has 0 aliphatic carbocycles. The molecule has 0 heterocycles. The molecular formula is C24H20ClF3IN3O3. The Morgan fingerprint density at radius 3 is 2.57 bits per heavy atom. The Bertz CT molecular complexity index is 1200. The van der Waals surface area contributed by atoms with Gasteiger partial charge in [0.15, 0.2) is 11.5 Å². The van der Waals surface area contributed by atoms with Gasteiger partial charge in [-0.1, -0.05) is 29.8 Å². The molecule has 2 N–H and O–H groups in total. The first kappa shape index (κ1) is 26.6. The number of rotatable bonds is 9. The van der Waals surface area contributed by atoms with E-state index in [0.29, 0.717) is 28.7 Å². The summed E-state index contributed by atoms with van der Waals surface area (Å²) < 4.78 is 50.5. The van der Waals surface area contributed by atoms with Gasteiger partial charge < -0.3 is 14.8 Å². The molecule has 3 aromatic carbocycles. The molecule has 3 rings (SSSR count). The average Bonchev–Trinajstić information content (AvgIpc) is 2.82. The fraction of sp³-hybridized carbons (Fsp3) is 0.167. The summed E-state index contributed by atoms with van der Waals surface area (Å²) in [6.07, 6.45) is -3.03. The number of anilines is 1. The Labute approximate surface area is 218 Å². The molecule has 0 aromatic heterocycles. The molecule has 0 saturated heterocycles. The fourth-order valence-corrected chi connectivity index (χ4v) is 3.80. The van der Waals surface area contributed by atoms with Gasteiger partial charge in [-0.15, -0.1) is 0 Å². The Balaban J connectivity index is 1.57. The molecule has 0 bridgehead atoms. The predicted octanol–water partition coefficient (Wildman–Crippen LogP) is 6.11. The molecule has 0 fully saturated rings. The fourth-order valence-electron chi connectivity index (χ4n) is 2.90. The Morgan fingerprint density at radius 1 is 1.14 bits per heavy atom. The lowest BCUT2D eigenvalue weighted by molar-refractivity contribution is -0.137. The molecule has 0 aliphatic rings. The van der Waals surface area contributed by atoms with E-state index in [2.05, 4.69) is 38.4 Å².